The van der Waals surface area contributed by atoms with Crippen LogP contribution in [-0.2, 0) is 18.3 Å². The number of benzene rings is 2. The van der Waals surface area contributed by atoms with Crippen LogP contribution in [-0.4, -0.2) is 46.9 Å². The van der Waals surface area contributed by atoms with Gasteiger partial charge in [-0.3, -0.25) is 14.4 Å². The average molecular weight is 392 g/mol. The lowest BCUT2D eigenvalue weighted by atomic mass is 10.1. The number of anilines is 1. The highest BCUT2D eigenvalue weighted by Crippen LogP contribution is 2.26. The van der Waals surface area contributed by atoms with E-state index in [1.165, 1.54) is 0 Å². The topological polar surface area (TPSA) is 68.6 Å². The van der Waals surface area contributed by atoms with Gasteiger partial charge in [0.05, 0.1) is 31.2 Å². The molecule has 1 N–H and O–H groups in total. The second kappa shape index (κ2) is 8.89. The summed E-state index contributed by atoms with van der Waals surface area (Å²) in [5.74, 6) is 0.857. The molecule has 0 bridgehead atoms. The zero-order chi connectivity index (χ0) is 20.1. The zero-order valence-electron chi connectivity index (χ0n) is 16.4. The molecule has 0 atom stereocenters. The van der Waals surface area contributed by atoms with Crippen LogP contribution >= 0.6 is 0 Å². The first-order valence-electron chi connectivity index (χ1n) is 9.63. The summed E-state index contributed by atoms with van der Waals surface area (Å²) in [5, 5.41) is 7.08. The van der Waals surface area contributed by atoms with E-state index >= 15 is 0 Å². The molecule has 1 aliphatic rings. The lowest BCUT2D eigenvalue weighted by Gasteiger charge is -2.26. The van der Waals surface area contributed by atoms with E-state index in [-0.39, 0.29) is 5.91 Å². The monoisotopic (exact) mass is 392 g/mol. The molecule has 3 aromatic rings. The summed E-state index contributed by atoms with van der Waals surface area (Å²) in [7, 11) is 1.81. The summed E-state index contributed by atoms with van der Waals surface area (Å²) < 4.78 is 12.9. The van der Waals surface area contributed by atoms with Crippen molar-refractivity contribution in [3.05, 3.63) is 72.1 Å². The predicted molar refractivity (Wildman–Crippen MR) is 110 cm³/mol. The van der Waals surface area contributed by atoms with Crippen LogP contribution in [0.15, 0.2) is 60.9 Å². The van der Waals surface area contributed by atoms with Crippen LogP contribution < -0.4 is 10.1 Å². The van der Waals surface area contributed by atoms with Crippen molar-refractivity contribution in [2.24, 2.45) is 7.05 Å². The highest BCUT2D eigenvalue weighted by atomic mass is 16.5. The van der Waals surface area contributed by atoms with Crippen molar-refractivity contribution < 1.29 is 14.3 Å². The number of nitrogens with zero attached hydrogens (tertiary/aromatic N) is 3. The summed E-state index contributed by atoms with van der Waals surface area (Å²) in [6.07, 6.45) is 3.37. The third-order valence-electron chi connectivity index (χ3n) is 4.74. The standard InChI is InChI=1S/C22H24N4O3/c1-25-16-19(14-23-25)29-21-8-3-2-7-20(21)22(27)24-18-6-4-5-17(13-18)15-26-9-11-28-12-10-26/h2-8,13-14,16H,9-12,15H2,1H3,(H,24,27). The first-order chi connectivity index (χ1) is 14.2. The van der Waals surface area contributed by atoms with Gasteiger partial charge in [0.25, 0.3) is 5.91 Å². The minimum Gasteiger partial charge on any atom is -0.453 e. The van der Waals surface area contributed by atoms with Gasteiger partial charge < -0.3 is 14.8 Å². The third-order valence-corrected chi connectivity index (χ3v) is 4.74. The number of morpholine rings is 1. The van der Waals surface area contributed by atoms with E-state index in [1.54, 1.807) is 29.2 Å². The Morgan fingerprint density at radius 3 is 2.79 bits per heavy atom. The Morgan fingerprint density at radius 2 is 2.00 bits per heavy atom. The molecule has 1 amide bonds. The lowest BCUT2D eigenvalue weighted by Crippen LogP contribution is -2.35. The van der Waals surface area contributed by atoms with Crippen LogP contribution in [0.4, 0.5) is 5.69 Å². The predicted octanol–water partition coefficient (Wildman–Crippen LogP) is 3.30. The number of hydrogen-bond acceptors (Lipinski definition) is 5. The van der Waals surface area contributed by atoms with Crippen LogP contribution in [0.5, 0.6) is 11.5 Å². The summed E-state index contributed by atoms with van der Waals surface area (Å²) in [4.78, 5) is 15.2. The third kappa shape index (κ3) is 5.01. The van der Waals surface area contributed by atoms with Crippen LogP contribution in [0.25, 0.3) is 0 Å². The Hall–Kier alpha value is -3.16. The maximum absolute atomic E-state index is 12.9. The number of carbonyl (C=O) groups excluding carboxylic acids is 1. The number of amides is 1. The first kappa shape index (κ1) is 19.2. The molecule has 29 heavy (non-hydrogen) atoms. The molecule has 1 aliphatic heterocycles. The Kier molecular flexibility index (Phi) is 5.88. The van der Waals surface area contributed by atoms with Gasteiger partial charge >= 0.3 is 0 Å². The number of para-hydroxylation sites is 1. The summed E-state index contributed by atoms with van der Waals surface area (Å²) in [6.45, 7) is 4.23. The van der Waals surface area contributed by atoms with Crippen molar-refractivity contribution in [3.8, 4) is 11.5 Å². The van der Waals surface area contributed by atoms with Gasteiger partial charge in [0, 0.05) is 32.4 Å². The van der Waals surface area contributed by atoms with Crippen molar-refractivity contribution in [2.75, 3.05) is 31.6 Å². The fourth-order valence-electron chi connectivity index (χ4n) is 3.29. The van der Waals surface area contributed by atoms with E-state index in [1.807, 2.05) is 37.4 Å². The molecule has 0 aliphatic carbocycles. The van der Waals surface area contributed by atoms with E-state index in [0.717, 1.165) is 44.1 Å². The maximum atomic E-state index is 12.9. The molecule has 1 aromatic heterocycles. The Bertz CT molecular complexity index is 979. The van der Waals surface area contributed by atoms with E-state index in [9.17, 15) is 4.79 Å². The quantitative estimate of drug-likeness (QED) is 0.697. The highest BCUT2D eigenvalue weighted by Gasteiger charge is 2.15. The average Bonchev–Trinajstić information content (AvgIpc) is 3.14. The van der Waals surface area contributed by atoms with E-state index < -0.39 is 0 Å². The zero-order valence-corrected chi connectivity index (χ0v) is 16.4. The van der Waals surface area contributed by atoms with Gasteiger partial charge in [0.1, 0.15) is 5.75 Å². The SMILES string of the molecule is Cn1cc(Oc2ccccc2C(=O)Nc2cccc(CN3CCOCC3)c2)cn1. The van der Waals surface area contributed by atoms with Crippen LogP contribution in [0, 0.1) is 0 Å². The van der Waals surface area contributed by atoms with Gasteiger partial charge in [-0.2, -0.15) is 5.10 Å². The van der Waals surface area contributed by atoms with Gasteiger partial charge in [-0.15, -0.1) is 0 Å². The maximum Gasteiger partial charge on any atom is 0.259 e. The minimum absolute atomic E-state index is 0.215. The van der Waals surface area contributed by atoms with Crippen LogP contribution in [0.3, 0.4) is 0 Å². The number of rotatable bonds is 6. The summed E-state index contributed by atoms with van der Waals surface area (Å²) >= 11 is 0. The Labute approximate surface area is 169 Å². The van der Waals surface area contributed by atoms with E-state index in [0.29, 0.717) is 17.1 Å². The Morgan fingerprint density at radius 1 is 1.17 bits per heavy atom. The van der Waals surface area contributed by atoms with Gasteiger partial charge in [0.2, 0.25) is 0 Å². The molecular weight excluding hydrogens is 368 g/mol. The molecule has 0 saturated carbocycles. The largest absolute Gasteiger partial charge is 0.453 e. The fraction of sp³-hybridized carbons (Fsp3) is 0.273. The molecule has 7 heteroatoms. The van der Waals surface area contributed by atoms with E-state index in [2.05, 4.69) is 21.4 Å². The molecule has 2 aromatic carbocycles. The van der Waals surface area contributed by atoms with Crippen LogP contribution in [0.1, 0.15) is 15.9 Å². The van der Waals surface area contributed by atoms with E-state index in [4.69, 9.17) is 9.47 Å². The molecule has 0 radical (unpaired) electrons. The van der Waals surface area contributed by atoms with Gasteiger partial charge in [0.15, 0.2) is 5.75 Å². The fourth-order valence-corrected chi connectivity index (χ4v) is 3.29. The second-order valence-electron chi connectivity index (χ2n) is 6.99. The minimum atomic E-state index is -0.215. The summed E-state index contributed by atoms with van der Waals surface area (Å²) in [6, 6.07) is 15.1. The Balaban J connectivity index is 1.46. The molecule has 1 saturated heterocycles. The number of aromatic nitrogens is 2. The van der Waals surface area contributed by atoms with Gasteiger partial charge in [-0.05, 0) is 29.8 Å². The lowest BCUT2D eigenvalue weighted by molar-refractivity contribution is 0.0342. The number of nitrogens with one attached hydrogen (secondary N) is 1. The van der Waals surface area contributed by atoms with Crippen molar-refractivity contribution in [3.63, 3.8) is 0 Å². The van der Waals surface area contributed by atoms with Gasteiger partial charge in [-0.1, -0.05) is 24.3 Å². The van der Waals surface area contributed by atoms with Crippen LogP contribution in [0.2, 0.25) is 0 Å². The number of aryl methyl sites for hydroxylation is 1. The smallest absolute Gasteiger partial charge is 0.259 e. The normalized spacial score (nSPS) is 14.5. The summed E-state index contributed by atoms with van der Waals surface area (Å²) in [5.41, 5.74) is 2.39. The number of hydrogen-bond donors (Lipinski definition) is 1. The van der Waals surface area contributed by atoms with Crippen molar-refractivity contribution in [2.45, 2.75) is 6.54 Å². The molecule has 150 valence electrons. The molecule has 4 rings (SSSR count). The molecular formula is C22H24N4O3. The molecule has 0 unspecified atom stereocenters. The second-order valence-corrected chi connectivity index (χ2v) is 6.99. The molecule has 1 fully saturated rings. The van der Waals surface area contributed by atoms with Crippen molar-refractivity contribution >= 4 is 11.6 Å². The van der Waals surface area contributed by atoms with Gasteiger partial charge in [-0.25, -0.2) is 0 Å². The highest BCUT2D eigenvalue weighted by molar-refractivity contribution is 6.06. The molecule has 0 spiro atoms. The van der Waals surface area contributed by atoms with Crippen molar-refractivity contribution in [1.82, 2.24) is 14.7 Å². The van der Waals surface area contributed by atoms with Crippen molar-refractivity contribution in [1.29, 1.82) is 0 Å². The molecule has 2 heterocycles. The number of ether oxygens (including phenoxy) is 2. The molecule has 7 nitrogen and oxygen atoms in total. The number of carbonyl (C=O) groups is 1. The first-order valence-corrected chi connectivity index (χ1v) is 9.63.